The molecule has 0 aliphatic carbocycles. The number of hydrogen-bond donors (Lipinski definition) is 2. The third kappa shape index (κ3) is 5.41. The smallest absolute Gasteiger partial charge is 0.319 e. The molecule has 122 valence electrons. The van der Waals surface area contributed by atoms with E-state index in [2.05, 4.69) is 10.6 Å². The molecular formula is C17H20N2O2S2. The van der Waals surface area contributed by atoms with Crippen molar-refractivity contribution in [2.24, 2.45) is 0 Å². The summed E-state index contributed by atoms with van der Waals surface area (Å²) in [6.45, 7) is 0. The fraction of sp³-hybridized carbons (Fsp3) is 0.235. The van der Waals surface area contributed by atoms with Gasteiger partial charge in [-0.15, -0.1) is 0 Å². The number of nitrogens with one attached hydrogen (secondary N) is 2. The van der Waals surface area contributed by atoms with E-state index in [1.807, 2.05) is 36.6 Å². The molecule has 0 aliphatic heterocycles. The third-order valence-electron chi connectivity index (χ3n) is 3.26. The van der Waals surface area contributed by atoms with Gasteiger partial charge in [0, 0.05) is 33.4 Å². The number of hydrogen-bond acceptors (Lipinski definition) is 3. The molecule has 6 heteroatoms. The van der Waals surface area contributed by atoms with Gasteiger partial charge in [0.1, 0.15) is 0 Å². The van der Waals surface area contributed by atoms with Crippen molar-refractivity contribution >= 4 is 34.3 Å². The van der Waals surface area contributed by atoms with Crippen molar-refractivity contribution in [3.63, 3.8) is 0 Å². The minimum atomic E-state index is -1.07. The van der Waals surface area contributed by atoms with E-state index in [1.54, 1.807) is 42.3 Å². The maximum atomic E-state index is 12.2. The largest absolute Gasteiger partial charge is 0.330 e. The van der Waals surface area contributed by atoms with Crippen LogP contribution in [0.2, 0.25) is 0 Å². The van der Waals surface area contributed by atoms with Crippen molar-refractivity contribution in [1.29, 1.82) is 0 Å². The summed E-state index contributed by atoms with van der Waals surface area (Å²) in [5.41, 5.74) is 1.70. The van der Waals surface area contributed by atoms with Crippen LogP contribution in [-0.4, -0.2) is 28.5 Å². The Morgan fingerprint density at radius 1 is 1.17 bits per heavy atom. The molecule has 0 fully saturated rings. The monoisotopic (exact) mass is 348 g/mol. The van der Waals surface area contributed by atoms with Gasteiger partial charge in [-0.25, -0.2) is 4.79 Å². The fourth-order valence-electron chi connectivity index (χ4n) is 2.15. The second kappa shape index (κ2) is 8.74. The Hall–Kier alpha value is -1.79. The SMILES string of the molecule is CSC[C@H](NC(=O)Nc1cccc([S@](C)=O)c1)c1ccccc1. The molecule has 0 bridgehead atoms. The first-order chi connectivity index (χ1) is 11.1. The van der Waals surface area contributed by atoms with Crippen LogP contribution in [0.15, 0.2) is 59.5 Å². The average Bonchev–Trinajstić information content (AvgIpc) is 2.55. The molecule has 4 nitrogen and oxygen atoms in total. The van der Waals surface area contributed by atoms with Gasteiger partial charge in [-0.05, 0) is 30.0 Å². The highest BCUT2D eigenvalue weighted by Gasteiger charge is 2.14. The van der Waals surface area contributed by atoms with Crippen LogP contribution < -0.4 is 10.6 Å². The van der Waals surface area contributed by atoms with E-state index in [0.29, 0.717) is 10.6 Å². The van der Waals surface area contributed by atoms with Crippen LogP contribution in [-0.2, 0) is 10.8 Å². The first kappa shape index (κ1) is 17.6. The number of urea groups is 1. The molecule has 2 aromatic carbocycles. The normalized spacial score (nSPS) is 13.1. The zero-order valence-corrected chi connectivity index (χ0v) is 14.7. The summed E-state index contributed by atoms with van der Waals surface area (Å²) in [5.74, 6) is 0.788. The second-order valence-electron chi connectivity index (χ2n) is 5.00. The van der Waals surface area contributed by atoms with E-state index in [0.717, 1.165) is 11.3 Å². The molecule has 2 atom stereocenters. The summed E-state index contributed by atoms with van der Waals surface area (Å²) in [4.78, 5) is 12.9. The first-order valence-electron chi connectivity index (χ1n) is 7.15. The van der Waals surface area contributed by atoms with Gasteiger partial charge in [-0.1, -0.05) is 36.4 Å². The lowest BCUT2D eigenvalue weighted by Gasteiger charge is -2.19. The summed E-state index contributed by atoms with van der Waals surface area (Å²) in [5, 5.41) is 5.79. The van der Waals surface area contributed by atoms with Crippen LogP contribution in [0.25, 0.3) is 0 Å². The highest BCUT2D eigenvalue weighted by molar-refractivity contribution is 7.98. The van der Waals surface area contributed by atoms with Crippen LogP contribution in [0.3, 0.4) is 0 Å². The van der Waals surface area contributed by atoms with Gasteiger partial charge in [0.25, 0.3) is 0 Å². The number of carbonyl (C=O) groups excluding carboxylic acids is 1. The van der Waals surface area contributed by atoms with Crippen LogP contribution in [0, 0.1) is 0 Å². The van der Waals surface area contributed by atoms with Gasteiger partial charge < -0.3 is 10.6 Å². The zero-order chi connectivity index (χ0) is 16.7. The molecule has 0 aliphatic rings. The molecular weight excluding hydrogens is 328 g/mol. The van der Waals surface area contributed by atoms with Crippen molar-refractivity contribution < 1.29 is 9.00 Å². The van der Waals surface area contributed by atoms with Crippen LogP contribution in [0.1, 0.15) is 11.6 Å². The van der Waals surface area contributed by atoms with Crippen LogP contribution >= 0.6 is 11.8 Å². The van der Waals surface area contributed by atoms with Gasteiger partial charge >= 0.3 is 6.03 Å². The van der Waals surface area contributed by atoms with Crippen LogP contribution in [0.5, 0.6) is 0 Å². The molecule has 2 N–H and O–H groups in total. The number of amides is 2. The lowest BCUT2D eigenvalue weighted by atomic mass is 10.1. The Bertz CT molecular complexity index is 677. The van der Waals surface area contributed by atoms with Gasteiger partial charge in [0.2, 0.25) is 0 Å². The Labute approximate surface area is 143 Å². The van der Waals surface area contributed by atoms with Crippen molar-refractivity contribution in [3.8, 4) is 0 Å². The Morgan fingerprint density at radius 3 is 2.57 bits per heavy atom. The summed E-state index contributed by atoms with van der Waals surface area (Å²) < 4.78 is 11.5. The summed E-state index contributed by atoms with van der Waals surface area (Å²) >= 11 is 1.68. The maximum absolute atomic E-state index is 12.2. The zero-order valence-electron chi connectivity index (χ0n) is 13.1. The number of carbonyl (C=O) groups is 1. The predicted octanol–water partition coefficient (Wildman–Crippen LogP) is 3.65. The Balaban J connectivity index is 2.05. The van der Waals surface area contributed by atoms with E-state index in [9.17, 15) is 9.00 Å². The standard InChI is InChI=1S/C17H20N2O2S2/c1-22-12-16(13-7-4-3-5-8-13)19-17(20)18-14-9-6-10-15(11-14)23(2)21/h3-11,16H,12H2,1-2H3,(H2,18,19,20)/t16-,23-/m0/s1. The molecule has 2 amide bonds. The quantitative estimate of drug-likeness (QED) is 0.838. The van der Waals surface area contributed by atoms with Crippen molar-refractivity contribution in [2.75, 3.05) is 23.6 Å². The molecule has 0 saturated heterocycles. The summed E-state index contributed by atoms with van der Waals surface area (Å²) in [6, 6.07) is 16.6. The van der Waals surface area contributed by atoms with E-state index >= 15 is 0 Å². The molecule has 0 unspecified atom stereocenters. The fourth-order valence-corrected chi connectivity index (χ4v) is 3.32. The van der Waals surface area contributed by atoms with Crippen molar-refractivity contribution in [1.82, 2.24) is 5.32 Å². The molecule has 23 heavy (non-hydrogen) atoms. The van der Waals surface area contributed by atoms with Crippen LogP contribution in [0.4, 0.5) is 10.5 Å². The Kier molecular flexibility index (Phi) is 6.67. The predicted molar refractivity (Wildman–Crippen MR) is 98.5 cm³/mol. The Morgan fingerprint density at radius 2 is 1.91 bits per heavy atom. The van der Waals surface area contributed by atoms with E-state index in [-0.39, 0.29) is 12.1 Å². The number of thioether (sulfide) groups is 1. The molecule has 0 radical (unpaired) electrons. The first-order valence-corrected chi connectivity index (χ1v) is 10.1. The average molecular weight is 348 g/mol. The third-order valence-corrected chi connectivity index (χ3v) is 4.85. The molecule has 0 heterocycles. The van der Waals surface area contributed by atoms with Gasteiger partial charge in [-0.3, -0.25) is 4.21 Å². The lowest BCUT2D eigenvalue weighted by molar-refractivity contribution is 0.249. The molecule has 2 rings (SSSR count). The number of rotatable bonds is 6. The number of benzene rings is 2. The summed E-state index contributed by atoms with van der Waals surface area (Å²) in [6.07, 6.45) is 3.62. The van der Waals surface area contributed by atoms with Crippen molar-refractivity contribution in [2.45, 2.75) is 10.9 Å². The molecule has 0 spiro atoms. The lowest BCUT2D eigenvalue weighted by Crippen LogP contribution is -2.33. The van der Waals surface area contributed by atoms with Crippen molar-refractivity contribution in [3.05, 3.63) is 60.2 Å². The number of anilines is 1. The van der Waals surface area contributed by atoms with E-state index in [1.165, 1.54) is 0 Å². The second-order valence-corrected chi connectivity index (χ2v) is 7.29. The van der Waals surface area contributed by atoms with E-state index < -0.39 is 10.8 Å². The minimum absolute atomic E-state index is 0.0605. The minimum Gasteiger partial charge on any atom is -0.330 e. The summed E-state index contributed by atoms with van der Waals surface area (Å²) in [7, 11) is -1.07. The van der Waals surface area contributed by atoms with Gasteiger partial charge in [0.05, 0.1) is 6.04 Å². The highest BCUT2D eigenvalue weighted by atomic mass is 32.2. The highest BCUT2D eigenvalue weighted by Crippen LogP contribution is 2.18. The van der Waals surface area contributed by atoms with E-state index in [4.69, 9.17) is 0 Å². The van der Waals surface area contributed by atoms with Gasteiger partial charge in [0.15, 0.2) is 0 Å². The topological polar surface area (TPSA) is 58.2 Å². The van der Waals surface area contributed by atoms with Gasteiger partial charge in [-0.2, -0.15) is 11.8 Å². The maximum Gasteiger partial charge on any atom is 0.319 e. The molecule has 2 aromatic rings. The molecule has 0 aromatic heterocycles. The molecule has 0 saturated carbocycles.